The van der Waals surface area contributed by atoms with Crippen LogP contribution in [0.3, 0.4) is 0 Å². The smallest absolute Gasteiger partial charge is 0.314 e. The summed E-state index contributed by atoms with van der Waals surface area (Å²) in [5, 5.41) is 19.9. The van der Waals surface area contributed by atoms with Crippen molar-refractivity contribution in [1.82, 2.24) is 20.4 Å². The molecule has 0 aliphatic rings. The molecule has 0 radical (unpaired) electrons. The second-order valence-electron chi connectivity index (χ2n) is 6.02. The van der Waals surface area contributed by atoms with Crippen LogP contribution in [-0.4, -0.2) is 34.0 Å². The largest absolute Gasteiger partial charge is 0.384 e. The molecule has 130 valence electrons. The van der Waals surface area contributed by atoms with Gasteiger partial charge in [0.25, 0.3) is 0 Å². The molecular weight excluding hydrogens is 311 g/mol. The number of urea groups is 1. The molecule has 7 heteroatoms. The average Bonchev–Trinajstić information content (AvgIpc) is 2.86. The van der Waals surface area contributed by atoms with Crippen molar-refractivity contribution in [2.24, 2.45) is 7.05 Å². The monoisotopic (exact) mass is 334 g/mol. The SMILES string of the molecule is Cc1c(CCNC(=O)NC[C@@](C)(O)c2ccc(F)cc2)cnn1C. The summed E-state index contributed by atoms with van der Waals surface area (Å²) in [5.41, 5.74) is 1.41. The normalized spacial score (nSPS) is 13.4. The summed E-state index contributed by atoms with van der Waals surface area (Å²) in [6.45, 7) is 4.04. The Balaban J connectivity index is 1.78. The third kappa shape index (κ3) is 4.55. The predicted molar refractivity (Wildman–Crippen MR) is 89.0 cm³/mol. The summed E-state index contributed by atoms with van der Waals surface area (Å²) < 4.78 is 14.7. The minimum Gasteiger partial charge on any atom is -0.384 e. The van der Waals surface area contributed by atoms with Crippen molar-refractivity contribution in [1.29, 1.82) is 0 Å². The Morgan fingerprint density at radius 1 is 1.33 bits per heavy atom. The molecule has 0 spiro atoms. The number of aryl methyl sites for hydroxylation is 1. The first-order valence-corrected chi connectivity index (χ1v) is 7.77. The van der Waals surface area contributed by atoms with E-state index in [9.17, 15) is 14.3 Å². The van der Waals surface area contributed by atoms with Gasteiger partial charge in [-0.25, -0.2) is 9.18 Å². The fourth-order valence-corrected chi connectivity index (χ4v) is 2.33. The molecule has 2 rings (SSSR count). The molecule has 0 aliphatic carbocycles. The molecule has 1 atom stereocenters. The average molecular weight is 334 g/mol. The lowest BCUT2D eigenvalue weighted by atomic mass is 9.96. The van der Waals surface area contributed by atoms with Gasteiger partial charge in [-0.2, -0.15) is 5.10 Å². The van der Waals surface area contributed by atoms with Crippen LogP contribution in [0.15, 0.2) is 30.5 Å². The topological polar surface area (TPSA) is 79.2 Å². The lowest BCUT2D eigenvalue weighted by Gasteiger charge is -2.24. The van der Waals surface area contributed by atoms with Crippen molar-refractivity contribution in [2.75, 3.05) is 13.1 Å². The van der Waals surface area contributed by atoms with Gasteiger partial charge in [0.05, 0.1) is 12.7 Å². The van der Waals surface area contributed by atoms with Gasteiger partial charge in [-0.05, 0) is 43.5 Å². The van der Waals surface area contributed by atoms with Gasteiger partial charge in [0.15, 0.2) is 0 Å². The first-order chi connectivity index (χ1) is 11.3. The van der Waals surface area contributed by atoms with Crippen LogP contribution in [0.4, 0.5) is 9.18 Å². The van der Waals surface area contributed by atoms with Crippen molar-refractivity contribution in [3.05, 3.63) is 53.1 Å². The Kier molecular flexibility index (Phi) is 5.56. The molecule has 0 fully saturated rings. The maximum Gasteiger partial charge on any atom is 0.314 e. The molecule has 0 aliphatic heterocycles. The van der Waals surface area contributed by atoms with Crippen LogP contribution in [0.25, 0.3) is 0 Å². The van der Waals surface area contributed by atoms with Crippen molar-refractivity contribution < 1.29 is 14.3 Å². The molecule has 1 aromatic heterocycles. The molecule has 1 aromatic carbocycles. The third-order valence-corrected chi connectivity index (χ3v) is 4.08. The first kappa shape index (κ1) is 17.9. The lowest BCUT2D eigenvalue weighted by Crippen LogP contribution is -2.44. The maximum atomic E-state index is 12.9. The number of nitrogens with zero attached hydrogens (tertiary/aromatic N) is 2. The number of hydrogen-bond donors (Lipinski definition) is 3. The highest BCUT2D eigenvalue weighted by Crippen LogP contribution is 2.19. The molecule has 2 amide bonds. The molecule has 0 unspecified atom stereocenters. The second kappa shape index (κ2) is 7.44. The molecule has 6 nitrogen and oxygen atoms in total. The molecule has 2 aromatic rings. The fraction of sp³-hybridized carbons (Fsp3) is 0.412. The summed E-state index contributed by atoms with van der Waals surface area (Å²) in [4.78, 5) is 11.8. The number of carbonyl (C=O) groups is 1. The zero-order chi connectivity index (χ0) is 17.7. The number of hydrogen-bond acceptors (Lipinski definition) is 3. The van der Waals surface area contributed by atoms with Gasteiger partial charge in [-0.15, -0.1) is 0 Å². The summed E-state index contributed by atoms with van der Waals surface area (Å²) in [6.07, 6.45) is 2.47. The van der Waals surface area contributed by atoms with Crippen molar-refractivity contribution in [3.63, 3.8) is 0 Å². The summed E-state index contributed by atoms with van der Waals surface area (Å²) in [7, 11) is 1.87. The minimum absolute atomic E-state index is 0.0242. The van der Waals surface area contributed by atoms with Gasteiger partial charge in [0.2, 0.25) is 0 Å². The lowest BCUT2D eigenvalue weighted by molar-refractivity contribution is 0.0593. The van der Waals surface area contributed by atoms with E-state index in [4.69, 9.17) is 0 Å². The van der Waals surface area contributed by atoms with Crippen molar-refractivity contribution >= 4 is 6.03 Å². The number of halogens is 1. The Morgan fingerprint density at radius 2 is 2.00 bits per heavy atom. The fourth-order valence-electron chi connectivity index (χ4n) is 2.33. The van der Waals surface area contributed by atoms with Crippen LogP contribution in [0.5, 0.6) is 0 Å². The Bertz CT molecular complexity index is 695. The Labute approximate surface area is 140 Å². The summed E-state index contributed by atoms with van der Waals surface area (Å²) in [5.74, 6) is -0.369. The number of nitrogens with one attached hydrogen (secondary N) is 2. The first-order valence-electron chi connectivity index (χ1n) is 7.77. The van der Waals surface area contributed by atoms with Crippen LogP contribution in [0, 0.1) is 12.7 Å². The van der Waals surface area contributed by atoms with E-state index in [0.717, 1.165) is 11.3 Å². The molecule has 3 N–H and O–H groups in total. The van der Waals surface area contributed by atoms with E-state index in [0.29, 0.717) is 18.5 Å². The van der Waals surface area contributed by atoms with E-state index in [1.165, 1.54) is 24.3 Å². The van der Waals surface area contributed by atoms with Gasteiger partial charge in [-0.1, -0.05) is 12.1 Å². The van der Waals surface area contributed by atoms with Gasteiger partial charge < -0.3 is 15.7 Å². The Hall–Kier alpha value is -2.41. The van der Waals surface area contributed by atoms with Crippen LogP contribution >= 0.6 is 0 Å². The van der Waals surface area contributed by atoms with E-state index < -0.39 is 5.60 Å². The zero-order valence-corrected chi connectivity index (χ0v) is 14.1. The van der Waals surface area contributed by atoms with Gasteiger partial charge in [0.1, 0.15) is 11.4 Å². The maximum absolute atomic E-state index is 12.9. The number of benzene rings is 1. The van der Waals surface area contributed by atoms with Gasteiger partial charge in [0, 0.05) is 19.3 Å². The van der Waals surface area contributed by atoms with E-state index in [2.05, 4.69) is 15.7 Å². The molecule has 1 heterocycles. The Morgan fingerprint density at radius 3 is 2.58 bits per heavy atom. The van der Waals surface area contributed by atoms with Crippen molar-refractivity contribution in [2.45, 2.75) is 25.9 Å². The molecule has 0 saturated heterocycles. The van der Waals surface area contributed by atoms with Crippen LogP contribution < -0.4 is 10.6 Å². The van der Waals surface area contributed by atoms with Crippen molar-refractivity contribution in [3.8, 4) is 0 Å². The van der Waals surface area contributed by atoms with Crippen LogP contribution in [-0.2, 0) is 19.1 Å². The summed E-state index contributed by atoms with van der Waals surface area (Å²) >= 11 is 0. The highest BCUT2D eigenvalue weighted by atomic mass is 19.1. The van der Waals surface area contributed by atoms with Gasteiger partial charge >= 0.3 is 6.03 Å². The number of amides is 2. The number of rotatable bonds is 6. The quantitative estimate of drug-likeness (QED) is 0.751. The standard InChI is InChI=1S/C17H23FN4O2/c1-12-13(10-21-22(12)3)8-9-19-16(23)20-11-17(2,24)14-4-6-15(18)7-5-14/h4-7,10,24H,8-9,11H2,1-3H3,(H2,19,20,23)/t17-/m1/s1. The van der Waals surface area contributed by atoms with E-state index in [1.54, 1.807) is 17.8 Å². The zero-order valence-electron chi connectivity index (χ0n) is 14.1. The van der Waals surface area contributed by atoms with E-state index in [1.807, 2.05) is 14.0 Å². The van der Waals surface area contributed by atoms with Crippen LogP contribution in [0.1, 0.15) is 23.7 Å². The second-order valence-corrected chi connectivity index (χ2v) is 6.02. The summed E-state index contributed by atoms with van der Waals surface area (Å²) in [6, 6.07) is 5.19. The number of aliphatic hydroxyl groups is 1. The molecule has 0 saturated carbocycles. The van der Waals surface area contributed by atoms with E-state index in [-0.39, 0.29) is 18.4 Å². The van der Waals surface area contributed by atoms with Crippen LogP contribution in [0.2, 0.25) is 0 Å². The molecule has 24 heavy (non-hydrogen) atoms. The molecule has 0 bridgehead atoms. The number of aromatic nitrogens is 2. The van der Waals surface area contributed by atoms with E-state index >= 15 is 0 Å². The predicted octanol–water partition coefficient (Wildman–Crippen LogP) is 1.62. The minimum atomic E-state index is -1.27. The van der Waals surface area contributed by atoms with Gasteiger partial charge in [-0.3, -0.25) is 4.68 Å². The molecular formula is C17H23FN4O2. The highest BCUT2D eigenvalue weighted by molar-refractivity contribution is 5.73. The third-order valence-electron chi connectivity index (χ3n) is 4.08. The highest BCUT2D eigenvalue weighted by Gasteiger charge is 2.23. The number of carbonyl (C=O) groups excluding carboxylic acids is 1.